The summed E-state index contributed by atoms with van der Waals surface area (Å²) >= 11 is 3.35. The molecule has 1 aliphatic rings. The van der Waals surface area contributed by atoms with Crippen molar-refractivity contribution in [2.24, 2.45) is 0 Å². The maximum Gasteiger partial charge on any atom is 0.243 e. The smallest absolute Gasteiger partial charge is 0.243 e. The molecule has 1 fully saturated rings. The van der Waals surface area contributed by atoms with Gasteiger partial charge in [-0.05, 0) is 43.4 Å². The summed E-state index contributed by atoms with van der Waals surface area (Å²) in [6.07, 6.45) is 3.17. The third-order valence-corrected chi connectivity index (χ3v) is 6.32. The third kappa shape index (κ3) is 3.42. The van der Waals surface area contributed by atoms with Crippen molar-refractivity contribution in [2.45, 2.75) is 42.0 Å². The molecule has 1 saturated heterocycles. The van der Waals surface area contributed by atoms with Gasteiger partial charge in [0.25, 0.3) is 0 Å². The largest absolute Gasteiger partial charge is 0.396 e. The van der Waals surface area contributed by atoms with Crippen LogP contribution in [-0.4, -0.2) is 37.0 Å². The van der Waals surface area contributed by atoms with Gasteiger partial charge in [-0.15, -0.1) is 0 Å². The predicted octanol–water partition coefficient (Wildman–Crippen LogP) is 2.51. The average Bonchev–Trinajstić information content (AvgIpc) is 2.94. The fourth-order valence-electron chi connectivity index (χ4n) is 2.63. The zero-order valence-corrected chi connectivity index (χ0v) is 13.7. The maximum atomic E-state index is 12.7. The fourth-order valence-corrected chi connectivity index (χ4v) is 4.72. The summed E-state index contributed by atoms with van der Waals surface area (Å²) in [6.45, 7) is 0.697. The first-order valence-corrected chi connectivity index (χ1v) is 9.43. The van der Waals surface area contributed by atoms with E-state index in [-0.39, 0.29) is 12.6 Å². The van der Waals surface area contributed by atoms with Gasteiger partial charge in [-0.25, -0.2) is 8.42 Å². The second kappa shape index (κ2) is 7.02. The van der Waals surface area contributed by atoms with Crippen molar-refractivity contribution in [3.8, 4) is 0 Å². The fraction of sp³-hybridized carbons (Fsp3) is 0.571. The van der Waals surface area contributed by atoms with Gasteiger partial charge in [0, 0.05) is 24.5 Å². The number of halogens is 1. The van der Waals surface area contributed by atoms with Gasteiger partial charge in [0.05, 0.1) is 4.90 Å². The van der Waals surface area contributed by atoms with Crippen molar-refractivity contribution in [2.75, 3.05) is 13.2 Å². The number of alkyl halides is 1. The molecule has 1 heterocycles. The van der Waals surface area contributed by atoms with E-state index < -0.39 is 10.0 Å². The van der Waals surface area contributed by atoms with Crippen LogP contribution in [0.3, 0.4) is 0 Å². The second-order valence-corrected chi connectivity index (χ2v) is 7.51. The van der Waals surface area contributed by atoms with Gasteiger partial charge in [0.2, 0.25) is 10.0 Å². The highest BCUT2D eigenvalue weighted by molar-refractivity contribution is 9.08. The Morgan fingerprint density at radius 2 is 2.00 bits per heavy atom. The van der Waals surface area contributed by atoms with Gasteiger partial charge in [-0.3, -0.25) is 0 Å². The Balaban J connectivity index is 2.19. The molecule has 0 aromatic heterocycles. The average molecular weight is 362 g/mol. The molecule has 0 saturated carbocycles. The van der Waals surface area contributed by atoms with E-state index in [0.717, 1.165) is 30.2 Å². The number of nitrogens with zero attached hydrogens (tertiary/aromatic N) is 1. The van der Waals surface area contributed by atoms with Crippen LogP contribution in [0.5, 0.6) is 0 Å². The van der Waals surface area contributed by atoms with Crippen LogP contribution < -0.4 is 0 Å². The number of sulfonamides is 1. The summed E-state index contributed by atoms with van der Waals surface area (Å²) in [7, 11) is -3.41. The van der Waals surface area contributed by atoms with E-state index in [1.807, 2.05) is 12.1 Å². The van der Waals surface area contributed by atoms with Crippen LogP contribution in [0.1, 0.15) is 31.2 Å². The Morgan fingerprint density at radius 3 is 2.60 bits per heavy atom. The molecule has 1 unspecified atom stereocenters. The number of benzene rings is 1. The van der Waals surface area contributed by atoms with E-state index in [1.165, 1.54) is 0 Å². The zero-order chi connectivity index (χ0) is 14.6. The molecule has 2 rings (SSSR count). The monoisotopic (exact) mass is 361 g/mol. The Kier molecular flexibility index (Phi) is 5.60. The zero-order valence-electron chi connectivity index (χ0n) is 11.3. The van der Waals surface area contributed by atoms with Crippen molar-refractivity contribution in [1.82, 2.24) is 4.31 Å². The van der Waals surface area contributed by atoms with Gasteiger partial charge in [-0.2, -0.15) is 4.31 Å². The van der Waals surface area contributed by atoms with Gasteiger partial charge < -0.3 is 5.11 Å². The van der Waals surface area contributed by atoms with E-state index in [4.69, 9.17) is 5.11 Å². The molecule has 0 bridgehead atoms. The summed E-state index contributed by atoms with van der Waals surface area (Å²) in [6, 6.07) is 7.05. The highest BCUT2D eigenvalue weighted by Crippen LogP contribution is 2.28. The van der Waals surface area contributed by atoms with E-state index in [0.29, 0.717) is 17.9 Å². The van der Waals surface area contributed by atoms with Crippen LogP contribution >= 0.6 is 15.9 Å². The van der Waals surface area contributed by atoms with E-state index in [9.17, 15) is 8.42 Å². The molecule has 1 aromatic carbocycles. The van der Waals surface area contributed by atoms with Crippen LogP contribution in [0.4, 0.5) is 0 Å². The number of aliphatic hydroxyl groups excluding tert-OH is 1. The van der Waals surface area contributed by atoms with Crippen molar-refractivity contribution < 1.29 is 13.5 Å². The summed E-state index contributed by atoms with van der Waals surface area (Å²) in [4.78, 5) is 0.359. The highest BCUT2D eigenvalue weighted by atomic mass is 79.9. The SMILES string of the molecule is O=S(=O)(c1ccc(CBr)cc1)N1CCCC1CCCO. The second-order valence-electron chi connectivity index (χ2n) is 5.06. The molecule has 0 aliphatic carbocycles. The molecule has 6 heteroatoms. The number of rotatable bonds is 6. The lowest BCUT2D eigenvalue weighted by Crippen LogP contribution is -2.35. The Morgan fingerprint density at radius 1 is 1.30 bits per heavy atom. The van der Waals surface area contributed by atoms with Crippen LogP contribution in [0, 0.1) is 0 Å². The maximum absolute atomic E-state index is 12.7. The molecule has 1 N–H and O–H groups in total. The first-order chi connectivity index (χ1) is 9.59. The first kappa shape index (κ1) is 15.9. The number of aliphatic hydroxyl groups is 1. The molecule has 20 heavy (non-hydrogen) atoms. The number of hydrogen-bond donors (Lipinski definition) is 1. The minimum Gasteiger partial charge on any atom is -0.396 e. The minimum atomic E-state index is -3.41. The molecule has 1 aliphatic heterocycles. The van der Waals surface area contributed by atoms with Crippen LogP contribution in [0.25, 0.3) is 0 Å². The Labute approximate surface area is 129 Å². The minimum absolute atomic E-state index is 0.0306. The molecular formula is C14H20BrNO3S. The lowest BCUT2D eigenvalue weighted by atomic mass is 10.1. The van der Waals surface area contributed by atoms with Gasteiger partial charge >= 0.3 is 0 Å². The van der Waals surface area contributed by atoms with Gasteiger partial charge in [0.15, 0.2) is 0 Å². The predicted molar refractivity (Wildman–Crippen MR) is 82.3 cm³/mol. The molecule has 4 nitrogen and oxygen atoms in total. The van der Waals surface area contributed by atoms with E-state index >= 15 is 0 Å². The quantitative estimate of drug-likeness (QED) is 0.792. The standard InChI is InChI=1S/C14H20BrNO3S/c15-11-12-5-7-14(8-6-12)20(18,19)16-9-1-3-13(16)4-2-10-17/h5-8,13,17H,1-4,9-11H2. The third-order valence-electron chi connectivity index (χ3n) is 3.70. The van der Waals surface area contributed by atoms with Gasteiger partial charge in [-0.1, -0.05) is 28.1 Å². The molecule has 1 aromatic rings. The highest BCUT2D eigenvalue weighted by Gasteiger charge is 2.34. The van der Waals surface area contributed by atoms with Crippen LogP contribution in [-0.2, 0) is 15.4 Å². The van der Waals surface area contributed by atoms with E-state index in [2.05, 4.69) is 15.9 Å². The molecule has 112 valence electrons. The summed E-state index contributed by atoms with van der Waals surface area (Å²) < 4.78 is 26.9. The summed E-state index contributed by atoms with van der Waals surface area (Å²) in [5.74, 6) is 0. The molecule has 0 spiro atoms. The molecular weight excluding hydrogens is 342 g/mol. The molecule has 0 radical (unpaired) electrons. The van der Waals surface area contributed by atoms with Crippen molar-refractivity contribution in [1.29, 1.82) is 0 Å². The van der Waals surface area contributed by atoms with Gasteiger partial charge in [0.1, 0.15) is 0 Å². The van der Waals surface area contributed by atoms with Crippen LogP contribution in [0.15, 0.2) is 29.2 Å². The van der Waals surface area contributed by atoms with E-state index in [1.54, 1.807) is 16.4 Å². The molecule has 1 atom stereocenters. The summed E-state index contributed by atoms with van der Waals surface area (Å²) in [5, 5.41) is 9.64. The Hall–Kier alpha value is -0.430. The van der Waals surface area contributed by atoms with Crippen molar-refractivity contribution >= 4 is 26.0 Å². The topological polar surface area (TPSA) is 57.6 Å². The lowest BCUT2D eigenvalue weighted by molar-refractivity contribution is 0.264. The van der Waals surface area contributed by atoms with Crippen LogP contribution in [0.2, 0.25) is 0 Å². The van der Waals surface area contributed by atoms with Crippen molar-refractivity contribution in [3.63, 3.8) is 0 Å². The molecule has 0 amide bonds. The Bertz CT molecular complexity index is 530. The number of hydrogen-bond acceptors (Lipinski definition) is 3. The first-order valence-electron chi connectivity index (χ1n) is 6.87. The summed E-state index contributed by atoms with van der Waals surface area (Å²) in [5.41, 5.74) is 1.06. The van der Waals surface area contributed by atoms with Crippen molar-refractivity contribution in [3.05, 3.63) is 29.8 Å². The normalized spacial score (nSPS) is 20.4. The lowest BCUT2D eigenvalue weighted by Gasteiger charge is -2.24.